The molecule has 2 bridgehead atoms. The van der Waals surface area contributed by atoms with Crippen LogP contribution in [0.4, 0.5) is 0 Å². The first kappa shape index (κ1) is 38.1. The molecule has 1 saturated heterocycles. The number of amides is 3. The summed E-state index contributed by atoms with van der Waals surface area (Å²) in [4.78, 5) is 46.9. The highest BCUT2D eigenvalue weighted by Crippen LogP contribution is 2.56. The Morgan fingerprint density at radius 3 is 2.51 bits per heavy atom. The molecule has 2 aromatic rings. The van der Waals surface area contributed by atoms with Gasteiger partial charge < -0.3 is 32.5 Å². The van der Waals surface area contributed by atoms with Gasteiger partial charge in [0.25, 0.3) is 0 Å². The molecule has 8 N–H and O–H groups in total. The number of hydrogen-bond acceptors (Lipinski definition) is 6. The lowest BCUT2D eigenvalue weighted by Crippen LogP contribution is -2.58. The largest absolute Gasteiger partial charge is 0.508 e. The summed E-state index contributed by atoms with van der Waals surface area (Å²) in [7, 11) is 0. The average Bonchev–Trinajstić information content (AvgIpc) is 3.82. The minimum absolute atomic E-state index is 0.00123. The van der Waals surface area contributed by atoms with E-state index >= 15 is 0 Å². The van der Waals surface area contributed by atoms with Crippen molar-refractivity contribution in [3.8, 4) is 5.75 Å². The van der Waals surface area contributed by atoms with Crippen molar-refractivity contribution in [3.63, 3.8) is 0 Å². The van der Waals surface area contributed by atoms with Crippen LogP contribution < -0.4 is 27.4 Å². The Morgan fingerprint density at radius 2 is 1.78 bits per heavy atom. The molecule has 1 aliphatic heterocycles. The van der Waals surface area contributed by atoms with Crippen LogP contribution >= 0.6 is 0 Å². The van der Waals surface area contributed by atoms with Crippen molar-refractivity contribution in [1.82, 2.24) is 20.9 Å². The Hall–Kier alpha value is -4.12. The van der Waals surface area contributed by atoms with Crippen molar-refractivity contribution in [3.05, 3.63) is 65.2 Å². The molecule has 278 valence electrons. The number of phenolic OH excluding ortho intramolecular Hbond substituents is 1. The van der Waals surface area contributed by atoms with E-state index in [0.717, 1.165) is 63.6 Å². The van der Waals surface area contributed by atoms with Gasteiger partial charge in [-0.15, -0.1) is 0 Å². The number of aromatic hydroxyl groups is 1. The van der Waals surface area contributed by atoms with Gasteiger partial charge >= 0.3 is 0 Å². The summed E-state index contributed by atoms with van der Waals surface area (Å²) >= 11 is 0. The highest BCUT2D eigenvalue weighted by molar-refractivity contribution is 5.95. The molecule has 3 amide bonds. The van der Waals surface area contributed by atoms with Gasteiger partial charge in [-0.3, -0.25) is 24.3 Å². The molecule has 0 aromatic heterocycles. The fraction of sp³-hybridized carbons (Fsp3) is 0.600. The van der Waals surface area contributed by atoms with Gasteiger partial charge in [-0.05, 0) is 97.1 Å². The number of likely N-dealkylation sites (tertiary alicyclic amines) is 1. The van der Waals surface area contributed by atoms with E-state index in [4.69, 9.17) is 11.5 Å². The van der Waals surface area contributed by atoms with E-state index in [2.05, 4.69) is 45.8 Å². The molecule has 5 rings (SSSR count). The second kappa shape index (κ2) is 16.5. The number of guanidine groups is 1. The second-order valence-electron chi connectivity index (χ2n) is 15.7. The number of aliphatic imine (C=N–C) groups is 1. The molecule has 2 aromatic carbocycles. The fourth-order valence-electron chi connectivity index (χ4n) is 8.65. The van der Waals surface area contributed by atoms with E-state index in [1.54, 1.807) is 6.07 Å². The number of nitrogens with zero attached hydrogens (tertiary/aromatic N) is 2. The van der Waals surface area contributed by atoms with Gasteiger partial charge in [-0.2, -0.15) is 0 Å². The zero-order valence-electron chi connectivity index (χ0n) is 30.9. The number of nitrogens with two attached hydrogens (primary N) is 2. The molecule has 51 heavy (non-hydrogen) atoms. The molecule has 0 radical (unpaired) electrons. The van der Waals surface area contributed by atoms with Crippen molar-refractivity contribution in [2.45, 2.75) is 102 Å². The predicted molar refractivity (Wildman–Crippen MR) is 201 cm³/mol. The van der Waals surface area contributed by atoms with Crippen molar-refractivity contribution in [1.29, 1.82) is 0 Å². The molecular weight excluding hydrogens is 642 g/mol. The van der Waals surface area contributed by atoms with Crippen LogP contribution in [0.2, 0.25) is 0 Å². The maximum Gasteiger partial charge on any atom is 0.242 e. The molecule has 11 heteroatoms. The quantitative estimate of drug-likeness (QED) is 0.0832. The molecule has 0 spiro atoms. The van der Waals surface area contributed by atoms with E-state index in [9.17, 15) is 19.5 Å². The zero-order valence-corrected chi connectivity index (χ0v) is 30.9. The van der Waals surface area contributed by atoms with Crippen LogP contribution in [0.1, 0.15) is 89.3 Å². The van der Waals surface area contributed by atoms with Gasteiger partial charge in [0.05, 0.1) is 12.0 Å². The number of rotatable bonds is 17. The molecule has 1 heterocycles. The fourth-order valence-corrected chi connectivity index (χ4v) is 8.65. The minimum atomic E-state index is -0.706. The summed E-state index contributed by atoms with van der Waals surface area (Å²) in [6.07, 6.45) is 6.74. The summed E-state index contributed by atoms with van der Waals surface area (Å²) in [5, 5.41) is 19.1. The Labute approximate surface area is 303 Å². The van der Waals surface area contributed by atoms with E-state index in [0.29, 0.717) is 37.2 Å². The number of hydrogen-bond donors (Lipinski definition) is 6. The maximum atomic E-state index is 14.1. The summed E-state index contributed by atoms with van der Waals surface area (Å²) in [5.41, 5.74) is 13.6. The molecule has 3 aliphatic rings. The van der Waals surface area contributed by atoms with Gasteiger partial charge in [0.1, 0.15) is 11.8 Å². The molecule has 0 unspecified atom stereocenters. The lowest BCUT2D eigenvalue weighted by Gasteiger charge is -2.55. The Morgan fingerprint density at radius 1 is 1.04 bits per heavy atom. The van der Waals surface area contributed by atoms with Crippen LogP contribution in [-0.4, -0.2) is 78.5 Å². The normalized spacial score (nSPS) is 25.7. The van der Waals surface area contributed by atoms with Crippen LogP contribution in [0.5, 0.6) is 5.75 Å². The molecule has 11 nitrogen and oxygen atoms in total. The van der Waals surface area contributed by atoms with Crippen molar-refractivity contribution >= 4 is 23.7 Å². The highest BCUT2D eigenvalue weighted by Gasteiger charge is 2.62. The summed E-state index contributed by atoms with van der Waals surface area (Å²) in [6.45, 7) is 11.4. The van der Waals surface area contributed by atoms with Crippen molar-refractivity contribution < 1.29 is 19.5 Å². The third-order valence-electron chi connectivity index (χ3n) is 11.8. The topological polar surface area (TPSA) is 175 Å². The highest BCUT2D eigenvalue weighted by atomic mass is 16.3. The van der Waals surface area contributed by atoms with Crippen molar-refractivity contribution in [2.24, 2.45) is 34.2 Å². The molecule has 6 atom stereocenters. The number of carbonyl (C=O) groups excluding carboxylic acids is 3. The lowest BCUT2D eigenvalue weighted by molar-refractivity contribution is -0.130. The van der Waals surface area contributed by atoms with Crippen LogP contribution in [0, 0.1) is 17.8 Å². The first-order valence-corrected chi connectivity index (χ1v) is 18.9. The minimum Gasteiger partial charge on any atom is -0.508 e. The van der Waals surface area contributed by atoms with E-state index < -0.39 is 11.5 Å². The summed E-state index contributed by atoms with van der Waals surface area (Å²) in [5.74, 6) is 0.417. The third-order valence-corrected chi connectivity index (χ3v) is 11.8. The van der Waals surface area contributed by atoms with Crippen molar-refractivity contribution in [2.75, 3.05) is 32.7 Å². The van der Waals surface area contributed by atoms with E-state index in [-0.39, 0.29) is 47.5 Å². The first-order valence-electron chi connectivity index (χ1n) is 18.9. The number of nitrogens with one attached hydrogen (secondary N) is 3. The Bertz CT molecular complexity index is 1560. The number of phenols is 1. The van der Waals surface area contributed by atoms with Gasteiger partial charge in [-0.1, -0.05) is 76.9 Å². The number of fused-ring (bicyclic) bond motifs is 4. The third kappa shape index (κ3) is 8.86. The van der Waals surface area contributed by atoms with E-state index in [1.165, 1.54) is 11.1 Å². The molecular formula is C40H59N7O4. The molecule has 2 aliphatic carbocycles. The molecule has 1 saturated carbocycles. The lowest BCUT2D eigenvalue weighted by atomic mass is 9.59. The Kier molecular flexibility index (Phi) is 12.3. The first-order chi connectivity index (χ1) is 24.3. The van der Waals surface area contributed by atoms with Crippen LogP contribution in [0.3, 0.4) is 0 Å². The van der Waals surface area contributed by atoms with E-state index in [1.807, 2.05) is 50.2 Å². The van der Waals surface area contributed by atoms with Gasteiger partial charge in [0, 0.05) is 25.7 Å². The zero-order chi connectivity index (χ0) is 36.8. The van der Waals surface area contributed by atoms with Crippen LogP contribution in [-0.2, 0) is 31.6 Å². The SMILES string of the molecule is CC(C)C[C@H](NC(=O)CNC(=O)[C@]1(c2ccccc2)C[C@@H]1CN1CC[C@@]2(C)c3cc(O)ccc3C[C@@H]1[C@H]2C)C(=O)NCCCCCCN=C(N)N. The standard InChI is InChI=1S/C40H59N7O4/c1-26(2)20-33(36(50)43-17-10-5-6-11-18-44-38(41)42)46-35(49)24-45-37(51)40(29-12-8-7-9-13-29)23-30(40)25-47-19-16-39(4)27(3)34(47)21-28-14-15-31(48)22-32(28)39/h7-9,12-15,22,26-27,30,33-34,48H,5-6,10-11,16-21,23-25H2,1-4H3,(H,43,50)(H,45,51)(H,46,49)(H4,41,42,44)/t27-,30-,33+,34-,39-,40+/m1/s1. The number of carbonyl (C=O) groups is 3. The monoisotopic (exact) mass is 701 g/mol. The summed E-state index contributed by atoms with van der Waals surface area (Å²) < 4.78 is 0. The van der Waals surface area contributed by atoms with Crippen LogP contribution in [0.25, 0.3) is 0 Å². The number of unbranched alkanes of at least 4 members (excludes halogenated alkanes) is 3. The van der Waals surface area contributed by atoms with Gasteiger partial charge in [0.2, 0.25) is 17.7 Å². The van der Waals surface area contributed by atoms with Gasteiger partial charge in [0.15, 0.2) is 5.96 Å². The smallest absolute Gasteiger partial charge is 0.242 e. The van der Waals surface area contributed by atoms with Crippen LogP contribution in [0.15, 0.2) is 53.5 Å². The summed E-state index contributed by atoms with van der Waals surface area (Å²) in [6, 6.07) is 15.4. The van der Waals surface area contributed by atoms with Gasteiger partial charge in [-0.25, -0.2) is 0 Å². The maximum absolute atomic E-state index is 14.1. The second-order valence-corrected chi connectivity index (χ2v) is 15.7. The number of piperidine rings is 1. The predicted octanol–water partition coefficient (Wildman–Crippen LogP) is 3.47. The Balaban J connectivity index is 1.17. The number of benzene rings is 2. The average molecular weight is 702 g/mol. The molecule has 2 fully saturated rings.